The standard InChI is InChI=1S/C15H23N7O5/c16-6(1-2-7(17)15(25)26)3-8-10(23)11(24)14(27-8)22-5-21-9-12(18)19-4-20-13(9)22/h4-8,10-11,14,23-24H,1-3,16-17H2,(H,25,26)(H2,18,19,20)/t6-,7-,8+,10?,11-,14+/m0/s1. The van der Waals surface area contributed by atoms with E-state index >= 15 is 0 Å². The fourth-order valence-corrected chi connectivity index (χ4v) is 3.14. The molecule has 3 rings (SSSR count). The van der Waals surface area contributed by atoms with Gasteiger partial charge in [-0.25, -0.2) is 15.0 Å². The Bertz CT molecular complexity index is 815. The number of aromatic nitrogens is 4. The number of hydrogen-bond acceptors (Lipinski definition) is 10. The van der Waals surface area contributed by atoms with Gasteiger partial charge in [-0.1, -0.05) is 0 Å². The minimum Gasteiger partial charge on any atom is -0.480 e. The molecule has 0 aliphatic carbocycles. The number of fused-ring (bicyclic) bond motifs is 1. The molecule has 1 fully saturated rings. The molecule has 1 aliphatic rings. The summed E-state index contributed by atoms with van der Waals surface area (Å²) in [5, 5.41) is 29.5. The maximum atomic E-state index is 10.8. The van der Waals surface area contributed by atoms with Gasteiger partial charge >= 0.3 is 5.97 Å². The molecule has 9 N–H and O–H groups in total. The van der Waals surface area contributed by atoms with E-state index in [0.29, 0.717) is 17.6 Å². The van der Waals surface area contributed by atoms with E-state index in [0.717, 1.165) is 0 Å². The van der Waals surface area contributed by atoms with E-state index < -0.39 is 42.6 Å². The lowest BCUT2D eigenvalue weighted by Gasteiger charge is -2.20. The van der Waals surface area contributed by atoms with Gasteiger partial charge in [0.1, 0.15) is 30.1 Å². The number of hydrogen-bond donors (Lipinski definition) is 6. The van der Waals surface area contributed by atoms with Crippen LogP contribution in [0.15, 0.2) is 12.7 Å². The van der Waals surface area contributed by atoms with E-state index in [1.165, 1.54) is 17.2 Å². The molecule has 2 aromatic rings. The molecule has 6 atom stereocenters. The summed E-state index contributed by atoms with van der Waals surface area (Å²) in [5.74, 6) is -0.900. The third kappa shape index (κ3) is 3.84. The highest BCUT2D eigenvalue weighted by Crippen LogP contribution is 2.33. The van der Waals surface area contributed by atoms with Crippen LogP contribution in [0.5, 0.6) is 0 Å². The number of ether oxygens (including phenoxy) is 1. The second kappa shape index (κ2) is 7.70. The summed E-state index contributed by atoms with van der Waals surface area (Å²) in [6.45, 7) is 0. The number of nitrogens with zero attached hydrogens (tertiary/aromatic N) is 4. The Kier molecular flexibility index (Phi) is 5.53. The van der Waals surface area contributed by atoms with Crippen LogP contribution in [0.1, 0.15) is 25.5 Å². The summed E-state index contributed by atoms with van der Waals surface area (Å²) in [6.07, 6.45) is -0.604. The van der Waals surface area contributed by atoms with Gasteiger partial charge in [-0.15, -0.1) is 0 Å². The third-order valence-corrected chi connectivity index (χ3v) is 4.70. The predicted octanol–water partition coefficient (Wildman–Crippen LogP) is -2.06. The van der Waals surface area contributed by atoms with Crippen LogP contribution in [0.4, 0.5) is 5.82 Å². The number of imidazole rings is 1. The molecular weight excluding hydrogens is 358 g/mol. The molecule has 0 bridgehead atoms. The van der Waals surface area contributed by atoms with Crippen LogP contribution in [0.2, 0.25) is 0 Å². The third-order valence-electron chi connectivity index (χ3n) is 4.70. The number of aliphatic carboxylic acids is 1. The predicted molar refractivity (Wildman–Crippen MR) is 93.1 cm³/mol. The zero-order chi connectivity index (χ0) is 19.7. The first kappa shape index (κ1) is 19.4. The van der Waals surface area contributed by atoms with Crippen molar-refractivity contribution in [3.63, 3.8) is 0 Å². The first-order chi connectivity index (χ1) is 12.8. The SMILES string of the molecule is Nc1ncnc2c1ncn2[C@@H]1O[C@H](C[C@@H](N)CC[C@H](N)C(=O)O)C(O)[C@@H]1O. The lowest BCUT2D eigenvalue weighted by molar-refractivity contribution is -0.138. The molecule has 1 aliphatic heterocycles. The summed E-state index contributed by atoms with van der Waals surface area (Å²) >= 11 is 0. The number of nitrogen functional groups attached to an aromatic ring is 1. The van der Waals surface area contributed by atoms with Gasteiger partial charge in [0.2, 0.25) is 0 Å². The van der Waals surface area contributed by atoms with Crippen molar-refractivity contribution in [3.8, 4) is 0 Å². The fourth-order valence-electron chi connectivity index (χ4n) is 3.14. The molecule has 1 unspecified atom stereocenters. The molecule has 27 heavy (non-hydrogen) atoms. The largest absolute Gasteiger partial charge is 0.480 e. The average Bonchev–Trinajstić information content (AvgIpc) is 3.17. The molecule has 2 aromatic heterocycles. The van der Waals surface area contributed by atoms with Crippen molar-refractivity contribution in [2.24, 2.45) is 11.5 Å². The maximum absolute atomic E-state index is 10.8. The molecule has 12 nitrogen and oxygen atoms in total. The number of aliphatic hydroxyl groups excluding tert-OH is 2. The van der Waals surface area contributed by atoms with E-state index in [9.17, 15) is 15.0 Å². The number of carbonyl (C=O) groups is 1. The summed E-state index contributed by atoms with van der Waals surface area (Å²) in [7, 11) is 0. The minimum absolute atomic E-state index is 0.195. The molecule has 1 saturated heterocycles. The number of rotatable bonds is 7. The monoisotopic (exact) mass is 381 g/mol. The highest BCUT2D eigenvalue weighted by Gasteiger charge is 2.44. The van der Waals surface area contributed by atoms with E-state index in [2.05, 4.69) is 15.0 Å². The Hall–Kier alpha value is -2.38. The molecule has 0 amide bonds. The van der Waals surface area contributed by atoms with Gasteiger partial charge in [0.05, 0.1) is 12.4 Å². The Labute approximate surface area is 154 Å². The molecule has 12 heteroatoms. The van der Waals surface area contributed by atoms with Crippen LogP contribution < -0.4 is 17.2 Å². The number of carboxylic acids is 1. The van der Waals surface area contributed by atoms with Crippen molar-refractivity contribution in [1.82, 2.24) is 19.5 Å². The summed E-state index contributed by atoms with van der Waals surface area (Å²) in [6, 6.07) is -1.44. The zero-order valence-electron chi connectivity index (χ0n) is 14.4. The average molecular weight is 381 g/mol. The maximum Gasteiger partial charge on any atom is 0.320 e. The van der Waals surface area contributed by atoms with E-state index in [1.807, 2.05) is 0 Å². The number of anilines is 1. The van der Waals surface area contributed by atoms with Crippen molar-refractivity contribution in [2.45, 2.75) is 55.9 Å². The van der Waals surface area contributed by atoms with Crippen molar-refractivity contribution in [3.05, 3.63) is 12.7 Å². The molecule has 148 valence electrons. The molecule has 3 heterocycles. The normalized spacial score (nSPS) is 27.7. The van der Waals surface area contributed by atoms with E-state index in [4.69, 9.17) is 27.0 Å². The summed E-state index contributed by atoms with van der Waals surface area (Å²) in [4.78, 5) is 22.8. The molecule has 0 radical (unpaired) electrons. The van der Waals surface area contributed by atoms with Gasteiger partial charge < -0.3 is 37.3 Å². The molecule has 0 spiro atoms. The van der Waals surface area contributed by atoms with Gasteiger partial charge in [0.15, 0.2) is 17.7 Å². The second-order valence-corrected chi connectivity index (χ2v) is 6.65. The van der Waals surface area contributed by atoms with Crippen LogP contribution in [-0.2, 0) is 9.53 Å². The highest BCUT2D eigenvalue weighted by atomic mass is 16.6. The first-order valence-corrected chi connectivity index (χ1v) is 8.48. The molecule has 0 saturated carbocycles. The van der Waals surface area contributed by atoms with Crippen molar-refractivity contribution in [1.29, 1.82) is 0 Å². The van der Waals surface area contributed by atoms with Gasteiger partial charge in [0.25, 0.3) is 0 Å². The second-order valence-electron chi connectivity index (χ2n) is 6.65. The van der Waals surface area contributed by atoms with Crippen molar-refractivity contribution < 1.29 is 24.9 Å². The highest BCUT2D eigenvalue weighted by molar-refractivity contribution is 5.81. The lowest BCUT2D eigenvalue weighted by atomic mass is 9.98. The van der Waals surface area contributed by atoms with Crippen molar-refractivity contribution >= 4 is 23.0 Å². The Morgan fingerprint density at radius 2 is 1.96 bits per heavy atom. The quantitative estimate of drug-likeness (QED) is 0.307. The van der Waals surface area contributed by atoms with Gasteiger partial charge in [-0.3, -0.25) is 9.36 Å². The van der Waals surface area contributed by atoms with Crippen molar-refractivity contribution in [2.75, 3.05) is 5.73 Å². The lowest BCUT2D eigenvalue weighted by Crippen LogP contribution is -2.37. The molecule has 0 aromatic carbocycles. The Balaban J connectivity index is 1.68. The topological polar surface area (TPSA) is 209 Å². The van der Waals surface area contributed by atoms with E-state index in [1.54, 1.807) is 0 Å². The smallest absolute Gasteiger partial charge is 0.320 e. The van der Waals surface area contributed by atoms with Gasteiger partial charge in [-0.2, -0.15) is 0 Å². The fraction of sp³-hybridized carbons (Fsp3) is 0.600. The van der Waals surface area contributed by atoms with Gasteiger partial charge in [0, 0.05) is 6.04 Å². The number of carboxylic acid groups (broad SMARTS) is 1. The zero-order valence-corrected chi connectivity index (χ0v) is 14.4. The van der Waals surface area contributed by atoms with Crippen LogP contribution in [0.3, 0.4) is 0 Å². The summed E-state index contributed by atoms with van der Waals surface area (Å²) in [5.41, 5.74) is 18.0. The number of aliphatic hydroxyl groups is 2. The Morgan fingerprint density at radius 3 is 2.67 bits per heavy atom. The van der Waals surface area contributed by atoms with Crippen LogP contribution in [0.25, 0.3) is 11.2 Å². The first-order valence-electron chi connectivity index (χ1n) is 8.48. The van der Waals surface area contributed by atoms with E-state index in [-0.39, 0.29) is 18.7 Å². The minimum atomic E-state index is -1.22. The van der Waals surface area contributed by atoms with Crippen LogP contribution >= 0.6 is 0 Å². The molecular formula is C15H23N7O5. The Morgan fingerprint density at radius 1 is 1.22 bits per heavy atom. The summed E-state index contributed by atoms with van der Waals surface area (Å²) < 4.78 is 7.28. The van der Waals surface area contributed by atoms with Gasteiger partial charge in [-0.05, 0) is 19.3 Å². The van der Waals surface area contributed by atoms with Crippen LogP contribution in [0, 0.1) is 0 Å². The van der Waals surface area contributed by atoms with Crippen LogP contribution in [-0.4, -0.2) is 71.2 Å². The number of nitrogens with two attached hydrogens (primary N) is 3.